The van der Waals surface area contributed by atoms with Crippen LogP contribution < -0.4 is 5.73 Å². The second-order valence-electron chi connectivity index (χ2n) is 4.85. The van der Waals surface area contributed by atoms with Crippen molar-refractivity contribution in [3.8, 4) is 0 Å². The molecule has 0 aromatic rings. The highest BCUT2D eigenvalue weighted by molar-refractivity contribution is 5.93. The van der Waals surface area contributed by atoms with E-state index in [1.165, 1.54) is 0 Å². The first-order valence-corrected chi connectivity index (χ1v) is 6.84. The molecule has 0 spiro atoms. The number of methoxy groups -OCH3 is 1. The number of aliphatic hydroxyl groups is 1. The monoisotopic (exact) mass is 272 g/mol. The molecule has 5 heteroatoms. The molecule has 0 saturated heterocycles. The molecule has 0 fully saturated rings. The first-order valence-electron chi connectivity index (χ1n) is 6.84. The zero-order chi connectivity index (χ0) is 14.8. The van der Waals surface area contributed by atoms with Gasteiger partial charge in [-0.3, -0.25) is 4.79 Å². The Morgan fingerprint density at radius 3 is 2.53 bits per heavy atom. The van der Waals surface area contributed by atoms with E-state index in [1.807, 2.05) is 6.92 Å². The summed E-state index contributed by atoms with van der Waals surface area (Å²) in [5.74, 6) is -0.221. The number of nitrogens with two attached hydrogens (primary N) is 1. The molecule has 0 aliphatic carbocycles. The molecular formula is C14H28N2O3. The minimum Gasteiger partial charge on any atom is -0.391 e. The number of aliphatic hydroxyl groups excluding tert-OH is 1. The quantitative estimate of drug-likeness (QED) is 0.458. The molecule has 3 N–H and O–H groups in total. The van der Waals surface area contributed by atoms with Crippen molar-refractivity contribution < 1.29 is 14.6 Å². The number of carbonyl (C=O) groups excluding carboxylic acids is 1. The standard InChI is InChI=1S/C14H28N2O3/c1-5-6-7-8-16(14(18)11(2)10-17)9-13(19-4)12(3)15/h12-13,17H,2,5-10,15H2,1,3-4H3/t12-,13?/m1/s1. The van der Waals surface area contributed by atoms with E-state index in [4.69, 9.17) is 15.6 Å². The van der Waals surface area contributed by atoms with Crippen LogP contribution in [0, 0.1) is 0 Å². The molecule has 0 heterocycles. The van der Waals surface area contributed by atoms with Gasteiger partial charge in [-0.2, -0.15) is 0 Å². The normalized spacial score (nSPS) is 13.9. The third-order valence-corrected chi connectivity index (χ3v) is 3.10. The molecule has 0 saturated carbocycles. The van der Waals surface area contributed by atoms with E-state index in [2.05, 4.69) is 13.5 Å². The summed E-state index contributed by atoms with van der Waals surface area (Å²) in [5.41, 5.74) is 6.03. The van der Waals surface area contributed by atoms with Gasteiger partial charge in [-0.05, 0) is 13.3 Å². The highest BCUT2D eigenvalue weighted by atomic mass is 16.5. The fourth-order valence-corrected chi connectivity index (χ4v) is 1.79. The third-order valence-electron chi connectivity index (χ3n) is 3.10. The lowest BCUT2D eigenvalue weighted by Gasteiger charge is -2.29. The Kier molecular flexibility index (Phi) is 9.47. The number of hydrogen-bond acceptors (Lipinski definition) is 4. The molecule has 0 rings (SSSR count). The highest BCUT2D eigenvalue weighted by Gasteiger charge is 2.22. The van der Waals surface area contributed by atoms with Crippen LogP contribution in [0.15, 0.2) is 12.2 Å². The summed E-state index contributed by atoms with van der Waals surface area (Å²) in [6.45, 7) is 8.29. The van der Waals surface area contributed by atoms with Crippen molar-refractivity contribution >= 4 is 5.91 Å². The highest BCUT2D eigenvalue weighted by Crippen LogP contribution is 2.07. The second-order valence-corrected chi connectivity index (χ2v) is 4.85. The molecule has 0 aliphatic heterocycles. The SMILES string of the molecule is C=C(CO)C(=O)N(CCCCC)CC(OC)[C@@H](C)N. The van der Waals surface area contributed by atoms with E-state index in [9.17, 15) is 4.79 Å². The Labute approximate surface area is 116 Å². The van der Waals surface area contributed by atoms with Gasteiger partial charge in [0.05, 0.1) is 12.7 Å². The number of carbonyl (C=O) groups is 1. The number of amides is 1. The maximum Gasteiger partial charge on any atom is 0.251 e. The van der Waals surface area contributed by atoms with E-state index < -0.39 is 0 Å². The smallest absolute Gasteiger partial charge is 0.251 e. The molecule has 0 radical (unpaired) electrons. The summed E-state index contributed by atoms with van der Waals surface area (Å²) in [6.07, 6.45) is 2.86. The molecule has 0 aromatic heterocycles. The summed E-state index contributed by atoms with van der Waals surface area (Å²) in [6, 6.07) is -0.158. The van der Waals surface area contributed by atoms with Gasteiger partial charge in [0.2, 0.25) is 0 Å². The number of hydrogen-bond donors (Lipinski definition) is 2. The Morgan fingerprint density at radius 1 is 1.47 bits per heavy atom. The van der Waals surface area contributed by atoms with Crippen LogP contribution in [-0.2, 0) is 9.53 Å². The van der Waals surface area contributed by atoms with Gasteiger partial charge in [-0.15, -0.1) is 0 Å². The fourth-order valence-electron chi connectivity index (χ4n) is 1.79. The number of unbranched alkanes of at least 4 members (excludes halogenated alkanes) is 2. The Balaban J connectivity index is 4.65. The summed E-state index contributed by atoms with van der Waals surface area (Å²) < 4.78 is 5.30. The summed E-state index contributed by atoms with van der Waals surface area (Å²) in [5, 5.41) is 9.02. The van der Waals surface area contributed by atoms with Crippen molar-refractivity contribution in [3.05, 3.63) is 12.2 Å². The van der Waals surface area contributed by atoms with E-state index in [-0.39, 0.29) is 30.2 Å². The molecular weight excluding hydrogens is 244 g/mol. The molecule has 0 aliphatic rings. The van der Waals surface area contributed by atoms with Crippen LogP contribution in [0.2, 0.25) is 0 Å². The molecule has 2 atom stereocenters. The van der Waals surface area contributed by atoms with Crippen molar-refractivity contribution in [2.75, 3.05) is 26.8 Å². The van der Waals surface area contributed by atoms with Crippen LogP contribution in [0.3, 0.4) is 0 Å². The Hall–Kier alpha value is -0.910. The van der Waals surface area contributed by atoms with Gasteiger partial charge in [0.1, 0.15) is 0 Å². The van der Waals surface area contributed by atoms with Gasteiger partial charge >= 0.3 is 0 Å². The van der Waals surface area contributed by atoms with Gasteiger partial charge in [0.25, 0.3) is 5.91 Å². The van der Waals surface area contributed by atoms with Crippen LogP contribution in [0.1, 0.15) is 33.1 Å². The maximum absolute atomic E-state index is 12.1. The lowest BCUT2D eigenvalue weighted by molar-refractivity contribution is -0.129. The molecule has 0 aromatic carbocycles. The number of ether oxygens (including phenoxy) is 1. The molecule has 112 valence electrons. The summed E-state index contributed by atoms with van der Waals surface area (Å²) in [7, 11) is 1.59. The van der Waals surface area contributed by atoms with Crippen molar-refractivity contribution in [2.24, 2.45) is 5.73 Å². The van der Waals surface area contributed by atoms with E-state index in [0.29, 0.717) is 13.1 Å². The molecule has 5 nitrogen and oxygen atoms in total. The van der Waals surface area contributed by atoms with Gasteiger partial charge in [0, 0.05) is 31.8 Å². The first kappa shape index (κ1) is 18.1. The average Bonchev–Trinajstić information content (AvgIpc) is 2.40. The van der Waals surface area contributed by atoms with Crippen molar-refractivity contribution in [3.63, 3.8) is 0 Å². The molecule has 1 amide bonds. The minimum absolute atomic E-state index is 0.158. The molecule has 19 heavy (non-hydrogen) atoms. The van der Waals surface area contributed by atoms with Gasteiger partial charge in [0.15, 0.2) is 0 Å². The number of rotatable bonds is 10. The van der Waals surface area contributed by atoms with E-state index in [1.54, 1.807) is 12.0 Å². The van der Waals surface area contributed by atoms with Gasteiger partial charge in [-0.25, -0.2) is 0 Å². The van der Waals surface area contributed by atoms with Crippen LogP contribution in [0.4, 0.5) is 0 Å². The fraction of sp³-hybridized carbons (Fsp3) is 0.786. The molecule has 1 unspecified atom stereocenters. The third kappa shape index (κ3) is 6.71. The predicted octanol–water partition coefficient (Wildman–Crippen LogP) is 0.916. The minimum atomic E-state index is -0.320. The second kappa shape index (κ2) is 9.95. The van der Waals surface area contributed by atoms with Crippen LogP contribution >= 0.6 is 0 Å². The van der Waals surface area contributed by atoms with Crippen LogP contribution in [0.5, 0.6) is 0 Å². The first-order chi connectivity index (χ1) is 8.97. The zero-order valence-corrected chi connectivity index (χ0v) is 12.4. The van der Waals surface area contributed by atoms with Crippen molar-refractivity contribution in [1.29, 1.82) is 0 Å². The van der Waals surface area contributed by atoms with Crippen LogP contribution in [0.25, 0.3) is 0 Å². The lowest BCUT2D eigenvalue weighted by Crippen LogP contribution is -2.46. The average molecular weight is 272 g/mol. The van der Waals surface area contributed by atoms with Gasteiger partial charge < -0.3 is 20.5 Å². The van der Waals surface area contributed by atoms with Crippen LogP contribution in [-0.4, -0.2) is 54.9 Å². The summed E-state index contributed by atoms with van der Waals surface area (Å²) in [4.78, 5) is 13.8. The van der Waals surface area contributed by atoms with Crippen molar-refractivity contribution in [1.82, 2.24) is 4.90 Å². The van der Waals surface area contributed by atoms with Gasteiger partial charge in [-0.1, -0.05) is 26.3 Å². The zero-order valence-electron chi connectivity index (χ0n) is 12.4. The number of nitrogens with zero attached hydrogens (tertiary/aromatic N) is 1. The molecule has 0 bridgehead atoms. The predicted molar refractivity (Wildman–Crippen MR) is 76.8 cm³/mol. The maximum atomic E-state index is 12.1. The Bertz CT molecular complexity index is 280. The van der Waals surface area contributed by atoms with Crippen molar-refractivity contribution in [2.45, 2.75) is 45.3 Å². The van der Waals surface area contributed by atoms with E-state index >= 15 is 0 Å². The van der Waals surface area contributed by atoms with E-state index in [0.717, 1.165) is 19.3 Å². The topological polar surface area (TPSA) is 75.8 Å². The lowest BCUT2D eigenvalue weighted by atomic mass is 10.1. The largest absolute Gasteiger partial charge is 0.391 e. The summed E-state index contributed by atoms with van der Waals surface area (Å²) >= 11 is 0. The Morgan fingerprint density at radius 2 is 2.11 bits per heavy atom.